The lowest BCUT2D eigenvalue weighted by atomic mass is 10.1. The molecule has 0 atom stereocenters. The Morgan fingerprint density at radius 3 is 2.76 bits per heavy atom. The zero-order valence-corrected chi connectivity index (χ0v) is 14.8. The van der Waals surface area contributed by atoms with Crippen LogP contribution >= 0.6 is 23.3 Å². The van der Waals surface area contributed by atoms with E-state index >= 15 is 0 Å². The highest BCUT2D eigenvalue weighted by Gasteiger charge is 2.07. The molecule has 2 rings (SSSR count). The molecule has 0 aliphatic carbocycles. The van der Waals surface area contributed by atoms with Crippen LogP contribution in [-0.2, 0) is 13.0 Å². The van der Waals surface area contributed by atoms with Crippen molar-refractivity contribution in [2.75, 3.05) is 6.54 Å². The highest BCUT2D eigenvalue weighted by atomic mass is 32.2. The number of benzene rings is 1. The van der Waals surface area contributed by atoms with Gasteiger partial charge < -0.3 is 5.32 Å². The molecule has 1 N–H and O–H groups in total. The van der Waals surface area contributed by atoms with E-state index in [4.69, 9.17) is 0 Å². The van der Waals surface area contributed by atoms with Crippen molar-refractivity contribution in [3.8, 4) is 0 Å². The van der Waals surface area contributed by atoms with Crippen LogP contribution in [0.25, 0.3) is 0 Å². The van der Waals surface area contributed by atoms with Gasteiger partial charge in [0, 0.05) is 17.9 Å². The van der Waals surface area contributed by atoms with Crippen LogP contribution in [0.3, 0.4) is 0 Å². The standard InChI is InChI=1S/C16H23N3S2/c1-5-15-18-16(21-19-15)20-14-7-6-13(8-12(14)4)10-17-9-11(2)3/h6-8,11,17H,5,9-10H2,1-4H3. The normalized spacial score (nSPS) is 11.3. The van der Waals surface area contributed by atoms with Crippen molar-refractivity contribution in [2.45, 2.75) is 49.9 Å². The second kappa shape index (κ2) is 7.92. The molecule has 21 heavy (non-hydrogen) atoms. The molecule has 1 heterocycles. The first-order valence-electron chi connectivity index (χ1n) is 7.39. The van der Waals surface area contributed by atoms with Crippen molar-refractivity contribution in [2.24, 2.45) is 5.92 Å². The first-order chi connectivity index (χ1) is 10.1. The van der Waals surface area contributed by atoms with Crippen molar-refractivity contribution in [3.63, 3.8) is 0 Å². The Balaban J connectivity index is 1.98. The Morgan fingerprint density at radius 1 is 1.33 bits per heavy atom. The smallest absolute Gasteiger partial charge is 0.174 e. The second-order valence-electron chi connectivity index (χ2n) is 5.56. The van der Waals surface area contributed by atoms with Crippen molar-refractivity contribution in [1.82, 2.24) is 14.7 Å². The Morgan fingerprint density at radius 2 is 2.14 bits per heavy atom. The third kappa shape index (κ3) is 5.09. The van der Waals surface area contributed by atoms with Crippen LogP contribution in [0.15, 0.2) is 27.4 Å². The molecular weight excluding hydrogens is 298 g/mol. The lowest BCUT2D eigenvalue weighted by Crippen LogP contribution is -2.18. The van der Waals surface area contributed by atoms with Gasteiger partial charge in [-0.25, -0.2) is 4.98 Å². The van der Waals surface area contributed by atoms with E-state index in [1.54, 1.807) is 11.8 Å². The van der Waals surface area contributed by atoms with E-state index in [0.29, 0.717) is 5.92 Å². The number of hydrogen-bond donors (Lipinski definition) is 1. The first-order valence-corrected chi connectivity index (χ1v) is 8.98. The van der Waals surface area contributed by atoms with Gasteiger partial charge in [0.25, 0.3) is 0 Å². The molecule has 0 bridgehead atoms. The van der Waals surface area contributed by atoms with Gasteiger partial charge in [0.1, 0.15) is 5.82 Å². The number of hydrogen-bond acceptors (Lipinski definition) is 5. The quantitative estimate of drug-likeness (QED) is 0.825. The number of nitrogens with zero attached hydrogens (tertiary/aromatic N) is 2. The third-order valence-electron chi connectivity index (χ3n) is 3.08. The van der Waals surface area contributed by atoms with Gasteiger partial charge in [-0.05, 0) is 48.1 Å². The maximum atomic E-state index is 4.51. The molecule has 0 saturated heterocycles. The summed E-state index contributed by atoms with van der Waals surface area (Å²) in [4.78, 5) is 5.78. The summed E-state index contributed by atoms with van der Waals surface area (Å²) in [5, 5.41) is 3.48. The summed E-state index contributed by atoms with van der Waals surface area (Å²) in [7, 11) is 0. The average molecular weight is 322 g/mol. The topological polar surface area (TPSA) is 37.8 Å². The Hall–Kier alpha value is -0.910. The second-order valence-corrected chi connectivity index (χ2v) is 7.60. The largest absolute Gasteiger partial charge is 0.312 e. The summed E-state index contributed by atoms with van der Waals surface area (Å²) in [6.45, 7) is 10.7. The van der Waals surface area contributed by atoms with Gasteiger partial charge in [-0.15, -0.1) is 0 Å². The number of rotatable bonds is 7. The zero-order valence-electron chi connectivity index (χ0n) is 13.1. The Bertz CT molecular complexity index is 579. The molecule has 0 saturated carbocycles. The van der Waals surface area contributed by atoms with Crippen LogP contribution in [-0.4, -0.2) is 15.9 Å². The van der Waals surface area contributed by atoms with Gasteiger partial charge in [-0.1, -0.05) is 44.7 Å². The minimum Gasteiger partial charge on any atom is -0.312 e. The Kier molecular flexibility index (Phi) is 6.21. The molecule has 1 aromatic carbocycles. The average Bonchev–Trinajstić information content (AvgIpc) is 2.89. The SMILES string of the molecule is CCc1nsc(Sc2ccc(CNCC(C)C)cc2C)n1. The molecule has 1 aromatic heterocycles. The number of aromatic nitrogens is 2. The van der Waals surface area contributed by atoms with Crippen molar-refractivity contribution in [3.05, 3.63) is 35.2 Å². The van der Waals surface area contributed by atoms with Crippen molar-refractivity contribution in [1.29, 1.82) is 0 Å². The lowest BCUT2D eigenvalue weighted by Gasteiger charge is -2.09. The molecule has 0 amide bonds. The highest BCUT2D eigenvalue weighted by Crippen LogP contribution is 2.31. The highest BCUT2D eigenvalue weighted by molar-refractivity contribution is 8.01. The fraction of sp³-hybridized carbons (Fsp3) is 0.500. The van der Waals surface area contributed by atoms with Crippen LogP contribution in [0.5, 0.6) is 0 Å². The summed E-state index contributed by atoms with van der Waals surface area (Å²) in [6, 6.07) is 6.65. The van der Waals surface area contributed by atoms with E-state index in [9.17, 15) is 0 Å². The molecule has 3 nitrogen and oxygen atoms in total. The van der Waals surface area contributed by atoms with Crippen LogP contribution in [0, 0.1) is 12.8 Å². The van der Waals surface area contributed by atoms with E-state index < -0.39 is 0 Å². The Labute approximate surface area is 135 Å². The van der Waals surface area contributed by atoms with E-state index in [-0.39, 0.29) is 0 Å². The molecule has 5 heteroatoms. The molecule has 0 aliphatic rings. The van der Waals surface area contributed by atoms with E-state index in [1.807, 2.05) is 0 Å². The summed E-state index contributed by atoms with van der Waals surface area (Å²) in [5.74, 6) is 1.63. The van der Waals surface area contributed by atoms with Gasteiger partial charge in [-0.2, -0.15) is 4.37 Å². The minimum atomic E-state index is 0.686. The molecule has 0 fully saturated rings. The van der Waals surface area contributed by atoms with Crippen molar-refractivity contribution < 1.29 is 0 Å². The van der Waals surface area contributed by atoms with Gasteiger partial charge in [0.2, 0.25) is 0 Å². The number of aryl methyl sites for hydroxylation is 2. The fourth-order valence-electron chi connectivity index (χ4n) is 1.96. The maximum Gasteiger partial charge on any atom is 0.174 e. The van der Waals surface area contributed by atoms with Crippen LogP contribution in [0.1, 0.15) is 37.7 Å². The summed E-state index contributed by atoms with van der Waals surface area (Å²) < 4.78 is 5.36. The summed E-state index contributed by atoms with van der Waals surface area (Å²) in [6.07, 6.45) is 0.899. The molecule has 2 aromatic rings. The van der Waals surface area contributed by atoms with Crippen LogP contribution < -0.4 is 5.32 Å². The van der Waals surface area contributed by atoms with Crippen molar-refractivity contribution >= 4 is 23.3 Å². The van der Waals surface area contributed by atoms with Crippen LogP contribution in [0.2, 0.25) is 0 Å². The van der Waals surface area contributed by atoms with Gasteiger partial charge in [0.15, 0.2) is 4.34 Å². The molecule has 0 spiro atoms. The van der Waals surface area contributed by atoms with Gasteiger partial charge >= 0.3 is 0 Å². The molecule has 0 aliphatic heterocycles. The predicted octanol–water partition coefficient (Wildman–Crippen LogP) is 4.31. The van der Waals surface area contributed by atoms with Gasteiger partial charge in [-0.3, -0.25) is 0 Å². The molecule has 0 radical (unpaired) electrons. The van der Waals surface area contributed by atoms with E-state index in [0.717, 1.165) is 29.7 Å². The predicted molar refractivity (Wildman–Crippen MR) is 91.1 cm³/mol. The van der Waals surface area contributed by atoms with Crippen LogP contribution in [0.4, 0.5) is 0 Å². The zero-order chi connectivity index (χ0) is 15.2. The monoisotopic (exact) mass is 321 g/mol. The van der Waals surface area contributed by atoms with E-state index in [2.05, 4.69) is 60.6 Å². The summed E-state index contributed by atoms with van der Waals surface area (Å²) >= 11 is 3.20. The maximum absolute atomic E-state index is 4.51. The lowest BCUT2D eigenvalue weighted by molar-refractivity contribution is 0.552. The fourth-order valence-corrected chi connectivity index (χ4v) is 3.68. The number of nitrogens with one attached hydrogen (secondary N) is 1. The summed E-state index contributed by atoms with van der Waals surface area (Å²) in [5.41, 5.74) is 2.64. The first kappa shape index (κ1) is 16.5. The van der Waals surface area contributed by atoms with E-state index in [1.165, 1.54) is 27.6 Å². The third-order valence-corrected chi connectivity index (χ3v) is 5.05. The van der Waals surface area contributed by atoms with Gasteiger partial charge in [0.05, 0.1) is 0 Å². The molecule has 114 valence electrons. The minimum absolute atomic E-state index is 0.686. The molecular formula is C16H23N3S2. The molecule has 0 unspecified atom stereocenters.